The predicted molar refractivity (Wildman–Crippen MR) is 164 cm³/mol. The van der Waals surface area contributed by atoms with Crippen molar-refractivity contribution in [3.05, 3.63) is 58.1 Å². The topological polar surface area (TPSA) is 132 Å². The van der Waals surface area contributed by atoms with Crippen LogP contribution in [0.15, 0.2) is 35.5 Å². The summed E-state index contributed by atoms with van der Waals surface area (Å²) in [6, 6.07) is 2.77. The van der Waals surface area contributed by atoms with Gasteiger partial charge in [-0.15, -0.1) is 0 Å². The molecule has 2 aliphatic heterocycles. The van der Waals surface area contributed by atoms with Gasteiger partial charge in [-0.25, -0.2) is 18.7 Å². The molecular formula is C31H33F2N7O4. The largest absolute Gasteiger partial charge is 0.386 e. The lowest BCUT2D eigenvalue weighted by Gasteiger charge is -2.29. The minimum Gasteiger partial charge on any atom is -0.386 e. The number of ether oxygens (including phenoxy) is 1. The van der Waals surface area contributed by atoms with E-state index >= 15 is 4.39 Å². The molecule has 7 rings (SSSR count). The standard InChI is InChI=1S/C31H33F2N7O4/c1-34-22-10-21(32)25(33)23-24-27(40-4-3-16(14-40)13-39-5-7-44-8-6-39)19(12-35-29(24)37-26(22)23)17-9-18-28(41)20(31(42)43)15-38(2)30(18)36-11-17/h9-12,15-16,31,34,42-43H,3-8,13-14H2,1-2H3,(H,35,37)/t16-/m0/s1. The highest BCUT2D eigenvalue weighted by Crippen LogP contribution is 2.44. The number of aryl methyl sites for hydroxylation is 1. The Kier molecular flexibility index (Phi) is 7.20. The van der Waals surface area contributed by atoms with Crippen LogP contribution in [0.1, 0.15) is 18.3 Å². The number of aliphatic hydroxyl groups excluding tert-OH is 1. The van der Waals surface area contributed by atoms with Crippen molar-refractivity contribution < 1.29 is 23.7 Å². The number of aromatic nitrogens is 4. The van der Waals surface area contributed by atoms with Crippen molar-refractivity contribution in [1.29, 1.82) is 0 Å². The molecule has 0 saturated carbocycles. The highest BCUT2D eigenvalue weighted by molar-refractivity contribution is 6.18. The maximum Gasteiger partial charge on any atom is 0.199 e. The molecule has 0 amide bonds. The number of benzene rings is 1. The number of anilines is 2. The second-order valence-corrected chi connectivity index (χ2v) is 11.6. The number of nitrogens with one attached hydrogen (secondary N) is 2. The summed E-state index contributed by atoms with van der Waals surface area (Å²) in [5, 5.41) is 23.3. The van der Waals surface area contributed by atoms with Crippen LogP contribution in [-0.2, 0) is 11.8 Å². The second kappa shape index (κ2) is 11.1. The van der Waals surface area contributed by atoms with E-state index in [9.17, 15) is 19.4 Å². The van der Waals surface area contributed by atoms with E-state index in [-0.39, 0.29) is 16.3 Å². The quantitative estimate of drug-likeness (QED) is 0.216. The summed E-state index contributed by atoms with van der Waals surface area (Å²) in [5.41, 5.74) is 2.68. The van der Waals surface area contributed by atoms with E-state index < -0.39 is 23.4 Å². The number of nitrogens with zero attached hydrogens (tertiary/aromatic N) is 5. The molecule has 4 N–H and O–H groups in total. The van der Waals surface area contributed by atoms with Crippen LogP contribution in [-0.4, -0.2) is 87.6 Å². The van der Waals surface area contributed by atoms with Gasteiger partial charge in [-0.05, 0) is 18.4 Å². The Balaban J connectivity index is 1.44. The smallest absolute Gasteiger partial charge is 0.199 e. The van der Waals surface area contributed by atoms with Gasteiger partial charge < -0.3 is 34.7 Å². The normalized spacial score (nSPS) is 18.0. The number of hydrogen-bond acceptors (Lipinski definition) is 9. The van der Waals surface area contributed by atoms with E-state index in [1.54, 1.807) is 37.1 Å². The lowest BCUT2D eigenvalue weighted by molar-refractivity contribution is -0.0435. The number of hydrogen-bond donors (Lipinski definition) is 4. The van der Waals surface area contributed by atoms with E-state index in [2.05, 4.69) is 30.1 Å². The van der Waals surface area contributed by atoms with Crippen LogP contribution in [0.5, 0.6) is 0 Å². The van der Waals surface area contributed by atoms with Crippen LogP contribution >= 0.6 is 0 Å². The summed E-state index contributed by atoms with van der Waals surface area (Å²) in [4.78, 5) is 30.2. The molecule has 6 heterocycles. The summed E-state index contributed by atoms with van der Waals surface area (Å²) in [5.74, 6) is -1.60. The first kappa shape index (κ1) is 28.6. The van der Waals surface area contributed by atoms with Crippen molar-refractivity contribution in [2.75, 3.05) is 63.2 Å². The van der Waals surface area contributed by atoms with Crippen LogP contribution in [0.25, 0.3) is 44.1 Å². The number of pyridine rings is 3. The van der Waals surface area contributed by atoms with Gasteiger partial charge in [0.25, 0.3) is 0 Å². The minimum atomic E-state index is -1.95. The van der Waals surface area contributed by atoms with Crippen LogP contribution < -0.4 is 15.6 Å². The Morgan fingerprint density at radius 3 is 2.68 bits per heavy atom. The molecule has 2 aliphatic rings. The fourth-order valence-electron chi connectivity index (χ4n) is 6.73. The number of rotatable bonds is 6. The van der Waals surface area contributed by atoms with E-state index in [1.165, 1.54) is 6.20 Å². The molecule has 11 nitrogen and oxygen atoms in total. The molecule has 5 aromatic rings. The number of fused-ring (bicyclic) bond motifs is 4. The molecule has 4 aromatic heterocycles. The fraction of sp³-hybridized carbons (Fsp3) is 0.387. The molecule has 0 unspecified atom stereocenters. The van der Waals surface area contributed by atoms with E-state index in [0.29, 0.717) is 76.9 Å². The van der Waals surface area contributed by atoms with Gasteiger partial charge in [0.05, 0.1) is 51.8 Å². The van der Waals surface area contributed by atoms with Crippen LogP contribution in [0.3, 0.4) is 0 Å². The lowest BCUT2D eigenvalue weighted by Crippen LogP contribution is -2.39. The van der Waals surface area contributed by atoms with Crippen LogP contribution in [0, 0.1) is 17.6 Å². The highest BCUT2D eigenvalue weighted by Gasteiger charge is 2.31. The van der Waals surface area contributed by atoms with Crippen molar-refractivity contribution in [2.24, 2.45) is 13.0 Å². The summed E-state index contributed by atoms with van der Waals surface area (Å²) < 4.78 is 37.7. The fourth-order valence-corrected chi connectivity index (χ4v) is 6.73. The summed E-state index contributed by atoms with van der Waals surface area (Å²) in [6.07, 6.45) is 3.59. The van der Waals surface area contributed by atoms with E-state index in [0.717, 1.165) is 32.1 Å². The zero-order valence-electron chi connectivity index (χ0n) is 24.4. The Morgan fingerprint density at radius 2 is 1.93 bits per heavy atom. The van der Waals surface area contributed by atoms with Crippen molar-refractivity contribution in [1.82, 2.24) is 24.4 Å². The van der Waals surface area contributed by atoms with Crippen LogP contribution in [0.4, 0.5) is 20.2 Å². The van der Waals surface area contributed by atoms with E-state index in [1.807, 2.05) is 0 Å². The Morgan fingerprint density at radius 1 is 1.14 bits per heavy atom. The van der Waals surface area contributed by atoms with Gasteiger partial charge in [0.15, 0.2) is 23.4 Å². The molecule has 13 heteroatoms. The molecule has 1 aromatic carbocycles. The third-order valence-corrected chi connectivity index (χ3v) is 8.89. The molecule has 0 spiro atoms. The third kappa shape index (κ3) is 4.67. The molecule has 2 saturated heterocycles. The molecule has 1 atom stereocenters. The third-order valence-electron chi connectivity index (χ3n) is 8.89. The average molecular weight is 606 g/mol. The molecule has 0 aliphatic carbocycles. The first-order valence-electron chi connectivity index (χ1n) is 14.7. The molecule has 2 fully saturated rings. The zero-order valence-corrected chi connectivity index (χ0v) is 24.4. The Labute approximate surface area is 250 Å². The molecule has 0 bridgehead atoms. The van der Waals surface area contributed by atoms with Crippen LogP contribution in [0.2, 0.25) is 0 Å². The number of H-pyrrole nitrogens is 1. The molecular weight excluding hydrogens is 572 g/mol. The number of aromatic amines is 1. The Hall–Kier alpha value is -4.17. The summed E-state index contributed by atoms with van der Waals surface area (Å²) >= 11 is 0. The predicted octanol–water partition coefficient (Wildman–Crippen LogP) is 3.09. The summed E-state index contributed by atoms with van der Waals surface area (Å²) in [6.45, 7) is 5.46. The van der Waals surface area contributed by atoms with Gasteiger partial charge in [-0.2, -0.15) is 0 Å². The SMILES string of the molecule is CNc1cc(F)c(F)c2c1[nH]c1ncc(-c3cnc4c(c3)c(=O)c(C(O)O)cn4C)c(N3CC[C@@H](CN4CCOCC4)C3)c12. The minimum absolute atomic E-state index is 0.0979. The zero-order chi connectivity index (χ0) is 30.7. The maximum atomic E-state index is 15.7. The lowest BCUT2D eigenvalue weighted by atomic mass is 10.0. The number of morpholine rings is 1. The van der Waals surface area contributed by atoms with Gasteiger partial charge in [-0.1, -0.05) is 0 Å². The first-order valence-corrected chi connectivity index (χ1v) is 14.7. The van der Waals surface area contributed by atoms with Crippen molar-refractivity contribution >= 4 is 44.3 Å². The van der Waals surface area contributed by atoms with E-state index in [4.69, 9.17) is 4.74 Å². The maximum absolute atomic E-state index is 15.7. The van der Waals surface area contributed by atoms with Gasteiger partial charge in [-0.3, -0.25) is 9.69 Å². The van der Waals surface area contributed by atoms with Gasteiger partial charge in [0, 0.05) is 82.6 Å². The van der Waals surface area contributed by atoms with Gasteiger partial charge >= 0.3 is 0 Å². The van der Waals surface area contributed by atoms with Crippen molar-refractivity contribution in [3.8, 4) is 11.1 Å². The number of aliphatic hydroxyl groups is 2. The summed E-state index contributed by atoms with van der Waals surface area (Å²) in [7, 11) is 3.31. The van der Waals surface area contributed by atoms with Crippen molar-refractivity contribution in [2.45, 2.75) is 12.7 Å². The molecule has 230 valence electrons. The highest BCUT2D eigenvalue weighted by atomic mass is 19.2. The second-order valence-electron chi connectivity index (χ2n) is 11.6. The van der Waals surface area contributed by atoms with Gasteiger partial charge in [0.1, 0.15) is 11.3 Å². The number of halogens is 2. The first-order chi connectivity index (χ1) is 21.2. The monoisotopic (exact) mass is 605 g/mol. The average Bonchev–Trinajstić information content (AvgIpc) is 3.65. The Bertz CT molecular complexity index is 1970. The van der Waals surface area contributed by atoms with Crippen molar-refractivity contribution in [3.63, 3.8) is 0 Å². The molecule has 0 radical (unpaired) electrons. The molecule has 44 heavy (non-hydrogen) atoms. The van der Waals surface area contributed by atoms with Gasteiger partial charge in [0.2, 0.25) is 0 Å².